The van der Waals surface area contributed by atoms with Crippen LogP contribution in [0.3, 0.4) is 0 Å². The highest BCUT2D eigenvalue weighted by atomic mass is 32.1. The van der Waals surface area contributed by atoms with Crippen LogP contribution >= 0.6 is 11.3 Å². The van der Waals surface area contributed by atoms with E-state index >= 15 is 0 Å². The average molecular weight is 306 g/mol. The van der Waals surface area contributed by atoms with Crippen LogP contribution in [0.25, 0.3) is 10.2 Å². The van der Waals surface area contributed by atoms with Gasteiger partial charge >= 0.3 is 0 Å². The van der Waals surface area contributed by atoms with Crippen LogP contribution in [-0.2, 0) is 4.74 Å². The number of fused-ring (bicyclic) bond motifs is 1. The van der Waals surface area contributed by atoms with E-state index in [0.717, 1.165) is 35.6 Å². The molecule has 21 heavy (non-hydrogen) atoms. The molecule has 114 valence electrons. The van der Waals surface area contributed by atoms with Crippen molar-refractivity contribution in [1.82, 2.24) is 9.97 Å². The summed E-state index contributed by atoms with van der Waals surface area (Å²) in [5, 5.41) is 7.60. The Kier molecular flexibility index (Phi) is 4.55. The fourth-order valence-electron chi connectivity index (χ4n) is 2.68. The van der Waals surface area contributed by atoms with Crippen LogP contribution in [-0.4, -0.2) is 36.3 Å². The fourth-order valence-corrected chi connectivity index (χ4v) is 3.55. The van der Waals surface area contributed by atoms with Crippen molar-refractivity contribution in [3.05, 3.63) is 10.9 Å². The smallest absolute Gasteiger partial charge is 0.225 e. The lowest BCUT2D eigenvalue weighted by Gasteiger charge is -2.22. The molecular formula is C15H22N4OS. The van der Waals surface area contributed by atoms with Gasteiger partial charge in [-0.1, -0.05) is 0 Å². The van der Waals surface area contributed by atoms with Crippen molar-refractivity contribution < 1.29 is 4.74 Å². The summed E-state index contributed by atoms with van der Waals surface area (Å²) in [5.74, 6) is 1.59. The van der Waals surface area contributed by atoms with Crippen molar-refractivity contribution in [2.75, 3.05) is 30.8 Å². The number of hydrogen-bond acceptors (Lipinski definition) is 6. The quantitative estimate of drug-likeness (QED) is 0.886. The Morgan fingerprint density at radius 1 is 1.38 bits per heavy atom. The molecule has 0 aliphatic carbocycles. The molecule has 2 aromatic rings. The first-order valence-corrected chi connectivity index (χ1v) is 8.39. The SMILES string of the molecule is CNc1nc(NCCC2CCCCO2)c2cc(C)sc2n1. The maximum absolute atomic E-state index is 5.77. The third kappa shape index (κ3) is 3.44. The van der Waals surface area contributed by atoms with Gasteiger partial charge in [0.25, 0.3) is 0 Å². The summed E-state index contributed by atoms with van der Waals surface area (Å²) >= 11 is 1.70. The second-order valence-corrected chi connectivity index (χ2v) is 6.66. The summed E-state index contributed by atoms with van der Waals surface area (Å²) in [6.07, 6.45) is 5.10. The zero-order chi connectivity index (χ0) is 14.7. The van der Waals surface area contributed by atoms with Crippen LogP contribution in [0.2, 0.25) is 0 Å². The predicted octanol–water partition coefficient (Wildman–Crippen LogP) is 3.41. The van der Waals surface area contributed by atoms with Crippen LogP contribution in [0.1, 0.15) is 30.6 Å². The summed E-state index contributed by atoms with van der Waals surface area (Å²) in [6, 6.07) is 2.15. The van der Waals surface area contributed by atoms with Gasteiger partial charge in [0.2, 0.25) is 5.95 Å². The summed E-state index contributed by atoms with van der Waals surface area (Å²) in [7, 11) is 1.85. The average Bonchev–Trinajstić information content (AvgIpc) is 2.88. The lowest BCUT2D eigenvalue weighted by Crippen LogP contribution is -2.22. The van der Waals surface area contributed by atoms with Crippen LogP contribution in [0.4, 0.5) is 11.8 Å². The van der Waals surface area contributed by atoms with Gasteiger partial charge in [0.1, 0.15) is 10.6 Å². The molecule has 1 unspecified atom stereocenters. The lowest BCUT2D eigenvalue weighted by atomic mass is 10.1. The largest absolute Gasteiger partial charge is 0.378 e. The minimum Gasteiger partial charge on any atom is -0.378 e. The van der Waals surface area contributed by atoms with Gasteiger partial charge in [-0.05, 0) is 38.7 Å². The molecule has 5 nitrogen and oxygen atoms in total. The van der Waals surface area contributed by atoms with Gasteiger partial charge in [-0.3, -0.25) is 0 Å². The van der Waals surface area contributed by atoms with Crippen molar-refractivity contribution >= 4 is 33.3 Å². The normalized spacial score (nSPS) is 18.9. The van der Waals surface area contributed by atoms with E-state index in [4.69, 9.17) is 4.74 Å². The number of rotatable bonds is 5. The maximum atomic E-state index is 5.77. The number of nitrogens with zero attached hydrogens (tertiary/aromatic N) is 2. The van der Waals surface area contributed by atoms with E-state index in [1.807, 2.05) is 7.05 Å². The number of nitrogens with one attached hydrogen (secondary N) is 2. The van der Waals surface area contributed by atoms with Crippen LogP contribution in [0.5, 0.6) is 0 Å². The number of ether oxygens (including phenoxy) is 1. The molecule has 2 aromatic heterocycles. The highest BCUT2D eigenvalue weighted by Gasteiger charge is 2.14. The van der Waals surface area contributed by atoms with Gasteiger partial charge in [0.15, 0.2) is 0 Å². The Hall–Kier alpha value is -1.40. The van der Waals surface area contributed by atoms with Crippen molar-refractivity contribution in [2.24, 2.45) is 0 Å². The van der Waals surface area contributed by atoms with Crippen molar-refractivity contribution in [3.8, 4) is 0 Å². The topological polar surface area (TPSA) is 59.1 Å². The zero-order valence-corrected chi connectivity index (χ0v) is 13.4. The Morgan fingerprint density at radius 2 is 2.29 bits per heavy atom. The van der Waals surface area contributed by atoms with Crippen molar-refractivity contribution in [3.63, 3.8) is 0 Å². The van der Waals surface area contributed by atoms with Gasteiger partial charge in [-0.2, -0.15) is 4.98 Å². The molecule has 0 spiro atoms. The monoisotopic (exact) mass is 306 g/mol. The molecule has 1 fully saturated rings. The van der Waals surface area contributed by atoms with E-state index in [2.05, 4.69) is 33.6 Å². The maximum Gasteiger partial charge on any atom is 0.225 e. The molecule has 6 heteroatoms. The Balaban J connectivity index is 1.70. The molecule has 1 saturated heterocycles. The summed E-state index contributed by atoms with van der Waals surface area (Å²) in [6.45, 7) is 3.90. The molecule has 2 N–H and O–H groups in total. The first kappa shape index (κ1) is 14.5. The molecule has 1 aliphatic rings. The summed E-state index contributed by atoms with van der Waals surface area (Å²) < 4.78 is 5.77. The van der Waals surface area contributed by atoms with Crippen LogP contribution in [0, 0.1) is 6.92 Å². The number of anilines is 2. The highest BCUT2D eigenvalue weighted by molar-refractivity contribution is 7.18. The van der Waals surface area contributed by atoms with Crippen molar-refractivity contribution in [2.45, 2.75) is 38.7 Å². The van der Waals surface area contributed by atoms with E-state index < -0.39 is 0 Å². The minimum atomic E-state index is 0.400. The summed E-state index contributed by atoms with van der Waals surface area (Å²) in [4.78, 5) is 11.3. The van der Waals surface area contributed by atoms with Gasteiger partial charge in [-0.15, -0.1) is 11.3 Å². The van der Waals surface area contributed by atoms with E-state index in [-0.39, 0.29) is 0 Å². The number of thiophene rings is 1. The lowest BCUT2D eigenvalue weighted by molar-refractivity contribution is 0.0134. The Morgan fingerprint density at radius 3 is 3.05 bits per heavy atom. The van der Waals surface area contributed by atoms with E-state index in [9.17, 15) is 0 Å². The molecule has 1 atom stereocenters. The molecule has 3 heterocycles. The summed E-state index contributed by atoms with van der Waals surface area (Å²) in [5.41, 5.74) is 0. The molecule has 3 rings (SSSR count). The van der Waals surface area contributed by atoms with Crippen LogP contribution < -0.4 is 10.6 Å². The molecule has 0 saturated carbocycles. The fraction of sp³-hybridized carbons (Fsp3) is 0.600. The molecule has 0 amide bonds. The molecule has 0 bridgehead atoms. The van der Waals surface area contributed by atoms with Crippen LogP contribution in [0.15, 0.2) is 6.07 Å². The Labute approximate surface area is 129 Å². The third-order valence-electron chi connectivity index (χ3n) is 3.77. The van der Waals surface area contributed by atoms with Gasteiger partial charge in [0.05, 0.1) is 11.5 Å². The minimum absolute atomic E-state index is 0.400. The molecule has 0 aromatic carbocycles. The molecule has 1 aliphatic heterocycles. The third-order valence-corrected chi connectivity index (χ3v) is 4.72. The second-order valence-electron chi connectivity index (χ2n) is 5.43. The van der Waals surface area contributed by atoms with Gasteiger partial charge in [-0.25, -0.2) is 4.98 Å². The second kappa shape index (κ2) is 6.58. The molecular weight excluding hydrogens is 284 g/mol. The predicted molar refractivity (Wildman–Crippen MR) is 88.4 cm³/mol. The standard InChI is InChI=1S/C15H22N4OS/c1-10-9-12-13(18-15(16-2)19-14(12)21-10)17-7-6-11-5-3-4-8-20-11/h9,11H,3-8H2,1-2H3,(H2,16,17,18,19). The highest BCUT2D eigenvalue weighted by Crippen LogP contribution is 2.29. The first-order valence-electron chi connectivity index (χ1n) is 7.57. The number of hydrogen-bond donors (Lipinski definition) is 2. The zero-order valence-electron chi connectivity index (χ0n) is 12.6. The number of aryl methyl sites for hydroxylation is 1. The van der Waals surface area contributed by atoms with E-state index in [0.29, 0.717) is 12.1 Å². The van der Waals surface area contributed by atoms with E-state index in [1.165, 1.54) is 24.1 Å². The van der Waals surface area contributed by atoms with Gasteiger partial charge in [0, 0.05) is 25.1 Å². The van der Waals surface area contributed by atoms with E-state index in [1.54, 1.807) is 11.3 Å². The van der Waals surface area contributed by atoms with Crippen molar-refractivity contribution in [1.29, 1.82) is 0 Å². The number of aromatic nitrogens is 2. The Bertz CT molecular complexity index is 607. The first-order chi connectivity index (χ1) is 10.3. The molecule has 0 radical (unpaired) electrons. The van der Waals surface area contributed by atoms with Gasteiger partial charge < -0.3 is 15.4 Å².